The highest BCUT2D eigenvalue weighted by Crippen LogP contribution is 2.31. The van der Waals surface area contributed by atoms with E-state index in [2.05, 4.69) is 15.3 Å². The molecule has 1 saturated heterocycles. The number of carbonyl (C=O) groups excluding carboxylic acids is 1. The second-order valence-corrected chi connectivity index (χ2v) is 12.7. The molecule has 2 N–H and O–H groups in total. The van der Waals surface area contributed by atoms with Crippen LogP contribution in [0.15, 0.2) is 59.6 Å². The van der Waals surface area contributed by atoms with Crippen molar-refractivity contribution in [3.63, 3.8) is 0 Å². The highest BCUT2D eigenvalue weighted by molar-refractivity contribution is 7.92. The van der Waals surface area contributed by atoms with Gasteiger partial charge in [0, 0.05) is 58.3 Å². The van der Waals surface area contributed by atoms with E-state index in [1.54, 1.807) is 6.07 Å². The van der Waals surface area contributed by atoms with Gasteiger partial charge in [-0.25, -0.2) is 22.8 Å². The summed E-state index contributed by atoms with van der Waals surface area (Å²) < 4.78 is 82.1. The molecule has 1 amide bonds. The Hall–Kier alpha value is -3.81. The Morgan fingerprint density at radius 1 is 1.14 bits per heavy atom. The maximum absolute atomic E-state index is 15.9. The van der Waals surface area contributed by atoms with Crippen LogP contribution in [-0.2, 0) is 21.0 Å². The van der Waals surface area contributed by atoms with Gasteiger partial charge in [0.1, 0.15) is 27.2 Å². The van der Waals surface area contributed by atoms with Crippen LogP contribution in [0.2, 0.25) is 5.02 Å². The summed E-state index contributed by atoms with van der Waals surface area (Å²) in [5.74, 6) is -5.08. The lowest BCUT2D eigenvalue weighted by molar-refractivity contribution is -0.00547. The minimum atomic E-state index is -4.48. The smallest absolute Gasteiger partial charge is 0.323 e. The molecule has 0 spiro atoms. The Morgan fingerprint density at radius 3 is 2.56 bits per heavy atom. The number of amides is 1. The number of rotatable bonds is 7. The molecule has 3 heterocycles. The average molecular weight is 636 g/mol. The predicted molar refractivity (Wildman–Crippen MR) is 155 cm³/mol. The van der Waals surface area contributed by atoms with Gasteiger partial charge < -0.3 is 15.0 Å². The van der Waals surface area contributed by atoms with Crippen molar-refractivity contribution in [3.05, 3.63) is 82.6 Å². The van der Waals surface area contributed by atoms with Gasteiger partial charge in [0.15, 0.2) is 0 Å². The molecule has 0 aliphatic carbocycles. The predicted octanol–water partition coefficient (Wildman–Crippen LogP) is 6.40. The zero-order chi connectivity index (χ0) is 31.1. The molecule has 1 fully saturated rings. The van der Waals surface area contributed by atoms with Crippen LogP contribution in [0, 0.1) is 16.4 Å². The normalized spacial score (nSPS) is 18.6. The van der Waals surface area contributed by atoms with Crippen molar-refractivity contribution in [1.29, 1.82) is 4.78 Å². The molecule has 0 unspecified atom stereocenters. The molecular weight excluding hydrogens is 610 g/mol. The van der Waals surface area contributed by atoms with Gasteiger partial charge in [-0.2, -0.15) is 8.78 Å². The van der Waals surface area contributed by atoms with Gasteiger partial charge in [-0.15, -0.1) is 0 Å². The van der Waals surface area contributed by atoms with Gasteiger partial charge in [0.2, 0.25) is 0 Å². The van der Waals surface area contributed by atoms with Crippen molar-refractivity contribution in [1.82, 2.24) is 15.3 Å². The van der Waals surface area contributed by atoms with Gasteiger partial charge in [0.05, 0.1) is 35.0 Å². The van der Waals surface area contributed by atoms with Crippen LogP contribution in [0.1, 0.15) is 29.9 Å². The third-order valence-corrected chi connectivity index (χ3v) is 8.51. The third kappa shape index (κ3) is 6.58. The van der Waals surface area contributed by atoms with E-state index in [0.29, 0.717) is 24.3 Å². The highest BCUT2D eigenvalue weighted by Gasteiger charge is 2.26. The SMILES string of the molecule is C[C@@H]1CN(c2cc(F)cc(-c3ccc4cnc(CNC(=O)c5cc(Cl)cc([S@@](=N)(=O)C(F)F)c5)cc4c3F)n2)C[C@H](C)O1. The van der Waals surface area contributed by atoms with Gasteiger partial charge in [-0.1, -0.05) is 17.7 Å². The molecule has 3 atom stereocenters. The lowest BCUT2D eigenvalue weighted by Gasteiger charge is -2.36. The van der Waals surface area contributed by atoms with E-state index in [9.17, 15) is 22.2 Å². The number of halogens is 5. The van der Waals surface area contributed by atoms with Crippen LogP contribution >= 0.6 is 11.6 Å². The Morgan fingerprint density at radius 2 is 1.86 bits per heavy atom. The highest BCUT2D eigenvalue weighted by atomic mass is 35.5. The number of aromatic nitrogens is 2. The summed E-state index contributed by atoms with van der Waals surface area (Å²) in [6.07, 6.45) is 1.25. The molecule has 8 nitrogen and oxygen atoms in total. The molecule has 1 aliphatic rings. The van der Waals surface area contributed by atoms with E-state index < -0.39 is 37.9 Å². The molecule has 2 aromatic carbocycles. The number of ether oxygens (including phenoxy) is 1. The van der Waals surface area contributed by atoms with Crippen molar-refractivity contribution in [2.24, 2.45) is 0 Å². The zero-order valence-electron chi connectivity index (χ0n) is 22.9. The van der Waals surface area contributed by atoms with Crippen LogP contribution in [0.25, 0.3) is 22.0 Å². The van der Waals surface area contributed by atoms with Crippen LogP contribution in [0.3, 0.4) is 0 Å². The largest absolute Gasteiger partial charge is 0.372 e. The molecule has 5 rings (SSSR count). The summed E-state index contributed by atoms with van der Waals surface area (Å²) in [6.45, 7) is 4.66. The third-order valence-electron chi connectivity index (χ3n) is 6.85. The summed E-state index contributed by atoms with van der Waals surface area (Å²) in [6, 6.07) is 10.1. The van der Waals surface area contributed by atoms with E-state index in [1.807, 2.05) is 18.7 Å². The molecule has 0 radical (unpaired) electrons. The number of alkyl halides is 2. The number of nitrogens with one attached hydrogen (secondary N) is 2. The minimum Gasteiger partial charge on any atom is -0.372 e. The second-order valence-electron chi connectivity index (χ2n) is 10.2. The minimum absolute atomic E-state index is 0.0771. The Bertz CT molecular complexity index is 1820. The molecule has 2 aromatic heterocycles. The Balaban J connectivity index is 1.40. The van der Waals surface area contributed by atoms with E-state index in [4.69, 9.17) is 21.1 Å². The molecule has 226 valence electrons. The number of fused-ring (bicyclic) bond motifs is 1. The number of morpholine rings is 1. The van der Waals surface area contributed by atoms with Crippen molar-refractivity contribution >= 4 is 43.8 Å². The first-order valence-electron chi connectivity index (χ1n) is 13.1. The van der Waals surface area contributed by atoms with E-state index >= 15 is 4.39 Å². The Labute approximate surface area is 250 Å². The quantitative estimate of drug-likeness (QED) is 0.228. The number of hydrogen-bond acceptors (Lipinski definition) is 7. The van der Waals surface area contributed by atoms with Crippen molar-refractivity contribution in [2.45, 2.75) is 43.3 Å². The van der Waals surface area contributed by atoms with Gasteiger partial charge >= 0.3 is 5.76 Å². The molecule has 14 heteroatoms. The second kappa shape index (κ2) is 12.1. The van der Waals surface area contributed by atoms with Crippen LogP contribution in [0.4, 0.5) is 23.4 Å². The number of pyridine rings is 2. The molecule has 43 heavy (non-hydrogen) atoms. The standard InChI is InChI=1S/C29H26ClF4N5O3S/c1-15-13-39(14-16(2)42-15)26-9-20(31)8-25(38-26)23-4-3-17-11-36-21(10-24(17)27(23)32)12-37-28(40)18-5-19(30)7-22(6-18)43(35,41)29(33)34/h3-11,15-16,29,35H,12-14H2,1-2H3,(H,37,40)/t15-,16+,43-/m1/s1. The summed E-state index contributed by atoms with van der Waals surface area (Å²) in [7, 11) is -4.48. The zero-order valence-corrected chi connectivity index (χ0v) is 24.5. The first-order chi connectivity index (χ1) is 20.3. The average Bonchev–Trinajstić information content (AvgIpc) is 2.95. The van der Waals surface area contributed by atoms with Crippen molar-refractivity contribution in [3.8, 4) is 11.3 Å². The van der Waals surface area contributed by atoms with Crippen LogP contribution in [0.5, 0.6) is 0 Å². The molecular formula is C29H26ClF4N5O3S. The summed E-state index contributed by atoms with van der Waals surface area (Å²) >= 11 is 5.92. The fourth-order valence-corrected chi connectivity index (χ4v) is 6.02. The fraction of sp³-hybridized carbons (Fsp3) is 0.276. The molecule has 1 aliphatic heterocycles. The lowest BCUT2D eigenvalue weighted by Crippen LogP contribution is -2.45. The number of nitrogens with zero attached hydrogens (tertiary/aromatic N) is 3. The van der Waals surface area contributed by atoms with Gasteiger partial charge in [-0.3, -0.25) is 9.78 Å². The van der Waals surface area contributed by atoms with Gasteiger partial charge in [0.25, 0.3) is 5.91 Å². The van der Waals surface area contributed by atoms with E-state index in [1.165, 1.54) is 30.5 Å². The Kier molecular flexibility index (Phi) is 8.59. The summed E-state index contributed by atoms with van der Waals surface area (Å²) in [5.41, 5.74) is 0.266. The van der Waals surface area contributed by atoms with Crippen molar-refractivity contribution in [2.75, 3.05) is 18.0 Å². The van der Waals surface area contributed by atoms with Crippen LogP contribution < -0.4 is 10.2 Å². The van der Waals surface area contributed by atoms with Crippen LogP contribution in [-0.4, -0.2) is 51.1 Å². The lowest BCUT2D eigenvalue weighted by atomic mass is 10.0. The fourth-order valence-electron chi connectivity index (χ4n) is 4.91. The summed E-state index contributed by atoms with van der Waals surface area (Å²) in [5, 5.41) is 3.01. The maximum atomic E-state index is 15.9. The van der Waals surface area contributed by atoms with Gasteiger partial charge in [-0.05, 0) is 44.2 Å². The number of carbonyl (C=O) groups is 1. The van der Waals surface area contributed by atoms with E-state index in [-0.39, 0.29) is 51.7 Å². The topological polar surface area (TPSA) is 108 Å². The maximum Gasteiger partial charge on any atom is 0.323 e. The first-order valence-corrected chi connectivity index (χ1v) is 15.1. The number of anilines is 1. The van der Waals surface area contributed by atoms with E-state index in [0.717, 1.165) is 18.2 Å². The molecule has 4 aromatic rings. The number of benzene rings is 2. The monoisotopic (exact) mass is 635 g/mol. The molecule has 0 saturated carbocycles. The first kappa shape index (κ1) is 30.6. The summed E-state index contributed by atoms with van der Waals surface area (Å²) in [4.78, 5) is 22.9. The van der Waals surface area contributed by atoms with Crippen molar-refractivity contribution < 1.29 is 31.3 Å². The molecule has 0 bridgehead atoms. The number of hydrogen-bond donors (Lipinski definition) is 2.